The zero-order valence-corrected chi connectivity index (χ0v) is 16.7. The normalized spacial score (nSPS) is 18.4. The van der Waals surface area contributed by atoms with Crippen LogP contribution in [0.1, 0.15) is 53.8 Å². The molecule has 0 aliphatic carbocycles. The fourth-order valence-corrected chi connectivity index (χ4v) is 3.96. The molecule has 1 aliphatic heterocycles. The molecule has 0 spiro atoms. The molecule has 6 nitrogen and oxygen atoms in total. The summed E-state index contributed by atoms with van der Waals surface area (Å²) in [7, 11) is 0. The zero-order valence-electron chi connectivity index (χ0n) is 16.7. The van der Waals surface area contributed by atoms with E-state index in [4.69, 9.17) is 0 Å². The lowest BCUT2D eigenvalue weighted by Gasteiger charge is -2.38. The van der Waals surface area contributed by atoms with Crippen molar-refractivity contribution in [3.05, 3.63) is 83.6 Å². The summed E-state index contributed by atoms with van der Waals surface area (Å²) >= 11 is 0. The van der Waals surface area contributed by atoms with Crippen LogP contribution in [0, 0.1) is 0 Å². The molecule has 0 radical (unpaired) electrons. The number of aromatic nitrogens is 2. The minimum absolute atomic E-state index is 0.0877. The standard InChI is InChI=1S/C23H26N4O2/c1-23(2)13-19(16-9-5-3-6-10-16)25-21-18(14-24-27(21)23)22(29)26-20(15-28)17-11-7-4-8-12-17/h3-12,14,19-20,25,28H,13,15H2,1-2H3,(H,26,29). The van der Waals surface area contributed by atoms with Crippen LogP contribution in [-0.4, -0.2) is 27.4 Å². The van der Waals surface area contributed by atoms with Crippen LogP contribution >= 0.6 is 0 Å². The van der Waals surface area contributed by atoms with E-state index in [1.807, 2.05) is 53.2 Å². The number of carbonyl (C=O) groups excluding carboxylic acids is 1. The van der Waals surface area contributed by atoms with E-state index in [0.717, 1.165) is 12.0 Å². The quantitative estimate of drug-likeness (QED) is 0.621. The summed E-state index contributed by atoms with van der Waals surface area (Å²) in [5, 5.41) is 20.7. The average Bonchev–Trinajstić information content (AvgIpc) is 3.18. The molecule has 2 atom stereocenters. The van der Waals surface area contributed by atoms with Crippen molar-refractivity contribution in [2.24, 2.45) is 0 Å². The molecule has 0 saturated heterocycles. The number of benzene rings is 2. The molecule has 4 rings (SSSR count). The van der Waals surface area contributed by atoms with Gasteiger partial charge in [-0.1, -0.05) is 60.7 Å². The molecule has 6 heteroatoms. The van der Waals surface area contributed by atoms with Crippen molar-refractivity contribution in [2.45, 2.75) is 37.9 Å². The summed E-state index contributed by atoms with van der Waals surface area (Å²) in [4.78, 5) is 13.1. The second kappa shape index (κ2) is 7.72. The van der Waals surface area contributed by atoms with E-state index in [1.165, 1.54) is 5.56 Å². The molecule has 0 bridgehead atoms. The molecule has 2 unspecified atom stereocenters. The van der Waals surface area contributed by atoms with Gasteiger partial charge in [-0.25, -0.2) is 4.68 Å². The van der Waals surface area contributed by atoms with Crippen LogP contribution in [0.3, 0.4) is 0 Å². The molecule has 150 valence electrons. The van der Waals surface area contributed by atoms with Crippen LogP contribution in [0.15, 0.2) is 66.9 Å². The van der Waals surface area contributed by atoms with E-state index in [1.54, 1.807) is 6.20 Å². The van der Waals surface area contributed by atoms with Gasteiger partial charge in [-0.3, -0.25) is 4.79 Å². The molecule has 0 saturated carbocycles. The number of hydrogen-bond donors (Lipinski definition) is 3. The van der Waals surface area contributed by atoms with E-state index in [-0.39, 0.29) is 24.1 Å². The van der Waals surface area contributed by atoms with E-state index in [9.17, 15) is 9.90 Å². The maximum Gasteiger partial charge on any atom is 0.257 e. The summed E-state index contributed by atoms with van der Waals surface area (Å²) in [5.41, 5.74) is 2.28. The molecule has 2 heterocycles. The second-order valence-corrected chi connectivity index (χ2v) is 8.06. The Balaban J connectivity index is 1.62. The number of aliphatic hydroxyl groups excluding tert-OH is 1. The monoisotopic (exact) mass is 390 g/mol. The zero-order chi connectivity index (χ0) is 20.4. The summed E-state index contributed by atoms with van der Waals surface area (Å²) < 4.78 is 1.89. The van der Waals surface area contributed by atoms with Crippen LogP contribution in [0.5, 0.6) is 0 Å². The van der Waals surface area contributed by atoms with Gasteiger partial charge in [0.1, 0.15) is 11.4 Å². The molecule has 1 amide bonds. The molecule has 29 heavy (non-hydrogen) atoms. The Labute approximate surface area is 170 Å². The fraction of sp³-hybridized carbons (Fsp3) is 0.304. The smallest absolute Gasteiger partial charge is 0.257 e. The van der Waals surface area contributed by atoms with Gasteiger partial charge in [-0.2, -0.15) is 5.10 Å². The maximum atomic E-state index is 13.1. The van der Waals surface area contributed by atoms with Gasteiger partial charge < -0.3 is 15.7 Å². The molecule has 1 aromatic heterocycles. The van der Waals surface area contributed by atoms with Crippen molar-refractivity contribution in [2.75, 3.05) is 11.9 Å². The molecule has 3 aromatic rings. The average molecular weight is 390 g/mol. The number of nitrogens with zero attached hydrogens (tertiary/aromatic N) is 2. The third-order valence-corrected chi connectivity index (χ3v) is 5.49. The lowest BCUT2D eigenvalue weighted by atomic mass is 9.89. The molecule has 1 aliphatic rings. The largest absolute Gasteiger partial charge is 0.394 e. The number of carbonyl (C=O) groups is 1. The van der Waals surface area contributed by atoms with Crippen molar-refractivity contribution in [3.8, 4) is 0 Å². The Bertz CT molecular complexity index is 983. The van der Waals surface area contributed by atoms with Gasteiger partial charge in [0.05, 0.1) is 30.4 Å². The van der Waals surface area contributed by atoms with Gasteiger partial charge in [-0.05, 0) is 31.4 Å². The first-order valence-corrected chi connectivity index (χ1v) is 9.86. The van der Waals surface area contributed by atoms with E-state index >= 15 is 0 Å². The lowest BCUT2D eigenvalue weighted by Crippen LogP contribution is -2.39. The molecular formula is C23H26N4O2. The third-order valence-electron chi connectivity index (χ3n) is 5.49. The van der Waals surface area contributed by atoms with Gasteiger partial charge in [0.25, 0.3) is 5.91 Å². The first kappa shape index (κ1) is 19.2. The fourth-order valence-electron chi connectivity index (χ4n) is 3.96. The topological polar surface area (TPSA) is 79.2 Å². The predicted octanol–water partition coefficient (Wildman–Crippen LogP) is 3.64. The van der Waals surface area contributed by atoms with E-state index in [0.29, 0.717) is 11.4 Å². The Kier molecular flexibility index (Phi) is 5.11. The maximum absolute atomic E-state index is 13.1. The number of anilines is 1. The Hall–Kier alpha value is -3.12. The highest BCUT2D eigenvalue weighted by Crippen LogP contribution is 2.39. The van der Waals surface area contributed by atoms with Crippen molar-refractivity contribution >= 4 is 11.7 Å². The van der Waals surface area contributed by atoms with E-state index < -0.39 is 6.04 Å². The van der Waals surface area contributed by atoms with Crippen molar-refractivity contribution < 1.29 is 9.90 Å². The van der Waals surface area contributed by atoms with Crippen LogP contribution < -0.4 is 10.6 Å². The van der Waals surface area contributed by atoms with Gasteiger partial charge in [0.15, 0.2) is 0 Å². The summed E-state index contributed by atoms with van der Waals surface area (Å²) in [6.45, 7) is 4.08. The minimum Gasteiger partial charge on any atom is -0.394 e. The minimum atomic E-state index is -0.472. The Morgan fingerprint density at radius 2 is 1.86 bits per heavy atom. The second-order valence-electron chi connectivity index (χ2n) is 8.06. The number of rotatable bonds is 5. The van der Waals surface area contributed by atoms with E-state index in [2.05, 4.69) is 41.7 Å². The summed E-state index contributed by atoms with van der Waals surface area (Å²) in [5.74, 6) is 0.448. The number of amides is 1. The highest BCUT2D eigenvalue weighted by Gasteiger charge is 2.36. The van der Waals surface area contributed by atoms with Gasteiger partial charge >= 0.3 is 0 Å². The molecule has 2 aromatic carbocycles. The van der Waals surface area contributed by atoms with Crippen molar-refractivity contribution in [3.63, 3.8) is 0 Å². The number of fused-ring (bicyclic) bond motifs is 1. The van der Waals surface area contributed by atoms with Gasteiger partial charge in [-0.15, -0.1) is 0 Å². The van der Waals surface area contributed by atoms with Gasteiger partial charge in [0, 0.05) is 0 Å². The summed E-state index contributed by atoms with van der Waals surface area (Å²) in [6, 6.07) is 19.3. The van der Waals surface area contributed by atoms with Crippen LogP contribution in [-0.2, 0) is 5.54 Å². The van der Waals surface area contributed by atoms with Crippen LogP contribution in [0.25, 0.3) is 0 Å². The van der Waals surface area contributed by atoms with Crippen molar-refractivity contribution in [1.82, 2.24) is 15.1 Å². The third kappa shape index (κ3) is 3.76. The first-order chi connectivity index (χ1) is 14.0. The van der Waals surface area contributed by atoms with Gasteiger partial charge in [0.2, 0.25) is 0 Å². The lowest BCUT2D eigenvalue weighted by molar-refractivity contribution is 0.0916. The predicted molar refractivity (Wildman–Crippen MR) is 113 cm³/mol. The summed E-state index contributed by atoms with van der Waals surface area (Å²) in [6.07, 6.45) is 2.46. The van der Waals surface area contributed by atoms with Crippen molar-refractivity contribution in [1.29, 1.82) is 0 Å². The SMILES string of the molecule is CC1(C)CC(c2ccccc2)Nc2c(C(=O)NC(CO)c3ccccc3)cnn21. The van der Waals surface area contributed by atoms with Crippen LogP contribution in [0.2, 0.25) is 0 Å². The molecule has 3 N–H and O–H groups in total. The number of aliphatic hydroxyl groups is 1. The Morgan fingerprint density at radius 1 is 1.21 bits per heavy atom. The number of nitrogens with one attached hydrogen (secondary N) is 2. The molecule has 0 fully saturated rings. The van der Waals surface area contributed by atoms with Crippen LogP contribution in [0.4, 0.5) is 5.82 Å². The number of hydrogen-bond acceptors (Lipinski definition) is 4. The highest BCUT2D eigenvalue weighted by molar-refractivity contribution is 5.99. The molecular weight excluding hydrogens is 364 g/mol. The highest BCUT2D eigenvalue weighted by atomic mass is 16.3. The Morgan fingerprint density at radius 3 is 2.52 bits per heavy atom. The first-order valence-electron chi connectivity index (χ1n) is 9.86.